The van der Waals surface area contributed by atoms with Crippen LogP contribution in [0.5, 0.6) is 0 Å². The Labute approximate surface area is 66.0 Å². The summed E-state index contributed by atoms with van der Waals surface area (Å²) in [5.74, 6) is 0.143. The Balaban J connectivity index is 2.47. The molecule has 1 saturated heterocycles. The highest BCUT2D eigenvalue weighted by molar-refractivity contribution is 5.95. The maximum absolute atomic E-state index is 11.1. The van der Waals surface area contributed by atoms with E-state index in [1.807, 2.05) is 6.92 Å². The fraction of sp³-hybridized carbons (Fsp3) is 0.625. The maximum atomic E-state index is 11.1. The molecule has 3 heteroatoms. The molecular weight excluding hydrogens is 144 g/mol. The molecule has 62 valence electrons. The Hall–Kier alpha value is -0.830. The normalized spacial score (nSPS) is 22.3. The van der Waals surface area contributed by atoms with E-state index in [0.29, 0.717) is 31.8 Å². The van der Waals surface area contributed by atoms with E-state index >= 15 is 0 Å². The first-order valence-electron chi connectivity index (χ1n) is 3.76. The summed E-state index contributed by atoms with van der Waals surface area (Å²) in [7, 11) is 0. The topological polar surface area (TPSA) is 35.5 Å². The highest BCUT2D eigenvalue weighted by Gasteiger charge is 2.15. The highest BCUT2D eigenvalue weighted by Crippen LogP contribution is 2.07. The summed E-state index contributed by atoms with van der Waals surface area (Å²) in [5.41, 5.74) is 0.651. The first-order valence-corrected chi connectivity index (χ1v) is 3.76. The number of ketones is 1. The molecule has 0 unspecified atom stereocenters. The quantitative estimate of drug-likeness (QED) is 0.440. The molecule has 3 nitrogen and oxygen atoms in total. The van der Waals surface area contributed by atoms with Gasteiger partial charge in [0.05, 0.1) is 31.7 Å². The molecule has 11 heavy (non-hydrogen) atoms. The third-order valence-electron chi connectivity index (χ3n) is 1.48. The molecule has 0 aromatic carbocycles. The zero-order valence-electron chi connectivity index (χ0n) is 6.63. The second kappa shape index (κ2) is 4.13. The number of carbonyl (C=O) groups excluding carboxylic acids is 1. The maximum Gasteiger partial charge on any atom is 0.166 e. The van der Waals surface area contributed by atoms with Crippen LogP contribution in [0.15, 0.2) is 11.8 Å². The fourth-order valence-electron chi connectivity index (χ4n) is 0.872. The second-order valence-corrected chi connectivity index (χ2v) is 2.32. The molecule has 0 amide bonds. The Morgan fingerprint density at radius 3 is 3.18 bits per heavy atom. The van der Waals surface area contributed by atoms with E-state index in [1.54, 1.807) is 0 Å². The lowest BCUT2D eigenvalue weighted by molar-refractivity contribution is -0.119. The molecule has 0 spiro atoms. The van der Waals surface area contributed by atoms with Gasteiger partial charge in [-0.15, -0.1) is 0 Å². The molecule has 1 aliphatic rings. The van der Waals surface area contributed by atoms with Crippen molar-refractivity contribution < 1.29 is 14.3 Å². The molecule has 0 atom stereocenters. The van der Waals surface area contributed by atoms with Gasteiger partial charge in [-0.05, 0) is 6.92 Å². The number of carbonyl (C=O) groups is 1. The second-order valence-electron chi connectivity index (χ2n) is 2.32. The van der Waals surface area contributed by atoms with Crippen molar-refractivity contribution in [3.05, 3.63) is 11.8 Å². The first kappa shape index (κ1) is 8.27. The summed E-state index contributed by atoms with van der Waals surface area (Å²) in [4.78, 5) is 11.1. The molecule has 0 saturated carbocycles. The predicted molar refractivity (Wildman–Crippen MR) is 40.2 cm³/mol. The molecule has 0 aromatic rings. The lowest BCUT2D eigenvalue weighted by Gasteiger charge is -2.12. The van der Waals surface area contributed by atoms with Crippen molar-refractivity contribution in [1.29, 1.82) is 0 Å². The van der Waals surface area contributed by atoms with Crippen LogP contribution in [0.25, 0.3) is 0 Å². The van der Waals surface area contributed by atoms with Gasteiger partial charge in [0.25, 0.3) is 0 Å². The SMILES string of the molecule is CCO/C=C1/COCCC1=O. The highest BCUT2D eigenvalue weighted by atomic mass is 16.5. The van der Waals surface area contributed by atoms with Crippen LogP contribution in [-0.2, 0) is 14.3 Å². The van der Waals surface area contributed by atoms with Gasteiger partial charge in [0.2, 0.25) is 0 Å². The molecule has 0 bridgehead atoms. The standard InChI is InChI=1S/C8H12O3/c1-2-10-5-7-6-11-4-3-8(7)9/h5H,2-4,6H2,1H3/b7-5-. The first-order chi connectivity index (χ1) is 5.34. The largest absolute Gasteiger partial charge is 0.501 e. The predicted octanol–water partition coefficient (Wildman–Crippen LogP) is 0.896. The van der Waals surface area contributed by atoms with Crippen LogP contribution in [0.1, 0.15) is 13.3 Å². The summed E-state index contributed by atoms with van der Waals surface area (Å²) in [6.07, 6.45) is 1.99. The van der Waals surface area contributed by atoms with Crippen molar-refractivity contribution in [2.75, 3.05) is 19.8 Å². The van der Waals surface area contributed by atoms with Crippen LogP contribution in [0.3, 0.4) is 0 Å². The molecule has 0 aromatic heterocycles. The number of rotatable bonds is 2. The molecular formula is C8H12O3. The van der Waals surface area contributed by atoms with Crippen molar-refractivity contribution in [1.82, 2.24) is 0 Å². The zero-order valence-corrected chi connectivity index (χ0v) is 6.63. The van der Waals surface area contributed by atoms with Gasteiger partial charge in [-0.2, -0.15) is 0 Å². The molecule has 0 N–H and O–H groups in total. The molecule has 1 rings (SSSR count). The van der Waals surface area contributed by atoms with Crippen LogP contribution in [0.4, 0.5) is 0 Å². The Bertz CT molecular complexity index is 172. The third kappa shape index (κ3) is 2.35. The van der Waals surface area contributed by atoms with Gasteiger partial charge >= 0.3 is 0 Å². The zero-order chi connectivity index (χ0) is 8.10. The van der Waals surface area contributed by atoms with E-state index in [4.69, 9.17) is 9.47 Å². The van der Waals surface area contributed by atoms with Crippen LogP contribution >= 0.6 is 0 Å². The van der Waals surface area contributed by atoms with Crippen molar-refractivity contribution in [2.24, 2.45) is 0 Å². The van der Waals surface area contributed by atoms with E-state index in [1.165, 1.54) is 6.26 Å². The summed E-state index contributed by atoms with van der Waals surface area (Å²) in [6.45, 7) is 3.42. The molecule has 0 aliphatic carbocycles. The lowest BCUT2D eigenvalue weighted by Crippen LogP contribution is -2.18. The van der Waals surface area contributed by atoms with E-state index in [-0.39, 0.29) is 5.78 Å². The van der Waals surface area contributed by atoms with Gasteiger partial charge in [-0.3, -0.25) is 4.79 Å². The molecule has 0 radical (unpaired) electrons. The number of Topliss-reactive ketones (excluding diaryl/α,β-unsaturated/α-hetero) is 1. The van der Waals surface area contributed by atoms with Crippen LogP contribution < -0.4 is 0 Å². The summed E-state index contributed by atoms with van der Waals surface area (Å²) < 4.78 is 10.1. The summed E-state index contributed by atoms with van der Waals surface area (Å²) in [6, 6.07) is 0. The molecule has 1 aliphatic heterocycles. The third-order valence-corrected chi connectivity index (χ3v) is 1.48. The van der Waals surface area contributed by atoms with Crippen molar-refractivity contribution in [2.45, 2.75) is 13.3 Å². The smallest absolute Gasteiger partial charge is 0.166 e. The van der Waals surface area contributed by atoms with E-state index in [2.05, 4.69) is 0 Å². The van der Waals surface area contributed by atoms with Gasteiger partial charge < -0.3 is 9.47 Å². The summed E-state index contributed by atoms with van der Waals surface area (Å²) in [5, 5.41) is 0. The minimum Gasteiger partial charge on any atom is -0.501 e. The van der Waals surface area contributed by atoms with E-state index < -0.39 is 0 Å². The minimum atomic E-state index is 0.143. The number of hydrogen-bond acceptors (Lipinski definition) is 3. The van der Waals surface area contributed by atoms with E-state index in [0.717, 1.165) is 0 Å². The van der Waals surface area contributed by atoms with Crippen molar-refractivity contribution in [3.63, 3.8) is 0 Å². The van der Waals surface area contributed by atoms with Crippen LogP contribution in [-0.4, -0.2) is 25.6 Å². The number of hydrogen-bond donors (Lipinski definition) is 0. The van der Waals surface area contributed by atoms with Gasteiger partial charge in [0, 0.05) is 6.42 Å². The minimum absolute atomic E-state index is 0.143. The number of ether oxygens (including phenoxy) is 2. The van der Waals surface area contributed by atoms with Gasteiger partial charge in [-0.1, -0.05) is 0 Å². The Morgan fingerprint density at radius 2 is 2.55 bits per heavy atom. The monoisotopic (exact) mass is 156 g/mol. The Kier molecular flexibility index (Phi) is 3.11. The fourth-order valence-corrected chi connectivity index (χ4v) is 0.872. The van der Waals surface area contributed by atoms with Gasteiger partial charge in [0.15, 0.2) is 5.78 Å². The van der Waals surface area contributed by atoms with Gasteiger partial charge in [-0.25, -0.2) is 0 Å². The van der Waals surface area contributed by atoms with Crippen LogP contribution in [0.2, 0.25) is 0 Å². The molecule has 1 heterocycles. The van der Waals surface area contributed by atoms with Gasteiger partial charge in [0.1, 0.15) is 0 Å². The van der Waals surface area contributed by atoms with E-state index in [9.17, 15) is 4.79 Å². The van der Waals surface area contributed by atoms with Crippen molar-refractivity contribution >= 4 is 5.78 Å². The summed E-state index contributed by atoms with van der Waals surface area (Å²) >= 11 is 0. The average molecular weight is 156 g/mol. The van der Waals surface area contributed by atoms with Crippen LogP contribution in [0, 0.1) is 0 Å². The lowest BCUT2D eigenvalue weighted by atomic mass is 10.1. The molecule has 1 fully saturated rings. The Morgan fingerprint density at radius 1 is 1.73 bits per heavy atom. The average Bonchev–Trinajstić information content (AvgIpc) is 2.03. The van der Waals surface area contributed by atoms with Crippen molar-refractivity contribution in [3.8, 4) is 0 Å².